The zero-order chi connectivity index (χ0) is 13.5. The number of hydrogen-bond acceptors (Lipinski definition) is 3. The van der Waals surface area contributed by atoms with E-state index in [1.807, 2.05) is 32.0 Å². The molecule has 1 aromatic carbocycles. The normalized spacial score (nSPS) is 11.7. The minimum atomic E-state index is -0.446. The van der Waals surface area contributed by atoms with Crippen LogP contribution in [0.3, 0.4) is 0 Å². The Balaban J connectivity index is 2.77. The lowest BCUT2D eigenvalue weighted by molar-refractivity contribution is -0.121. The van der Waals surface area contributed by atoms with Crippen LogP contribution in [-0.2, 0) is 4.79 Å². The summed E-state index contributed by atoms with van der Waals surface area (Å²) in [6, 6.07) is 9.49. The monoisotopic (exact) mass is 246 g/mol. The van der Waals surface area contributed by atoms with Crippen LogP contribution in [0.5, 0.6) is 5.75 Å². The Kier molecular flexibility index (Phi) is 5.19. The van der Waals surface area contributed by atoms with Crippen LogP contribution < -0.4 is 10.1 Å². The average molecular weight is 246 g/mol. The summed E-state index contributed by atoms with van der Waals surface area (Å²) in [5.41, 5.74) is 0.802. The number of nitriles is 1. The molecule has 0 radical (unpaired) electrons. The molecule has 0 bridgehead atoms. The van der Waals surface area contributed by atoms with Crippen LogP contribution in [0.15, 0.2) is 24.3 Å². The van der Waals surface area contributed by atoms with Gasteiger partial charge in [0.1, 0.15) is 5.75 Å². The van der Waals surface area contributed by atoms with Gasteiger partial charge < -0.3 is 10.1 Å². The Bertz CT molecular complexity index is 449. The predicted molar refractivity (Wildman–Crippen MR) is 69.2 cm³/mol. The third-order valence-electron chi connectivity index (χ3n) is 2.49. The molecule has 0 aromatic heterocycles. The van der Waals surface area contributed by atoms with E-state index in [2.05, 4.69) is 11.4 Å². The second-order valence-electron chi connectivity index (χ2n) is 4.38. The molecule has 1 aromatic rings. The summed E-state index contributed by atoms with van der Waals surface area (Å²) in [5, 5.41) is 11.9. The van der Waals surface area contributed by atoms with E-state index in [9.17, 15) is 4.79 Å². The molecule has 4 heteroatoms. The van der Waals surface area contributed by atoms with E-state index >= 15 is 0 Å². The highest BCUT2D eigenvalue weighted by Gasteiger charge is 2.16. The number of carbonyl (C=O) groups is 1. The quantitative estimate of drug-likeness (QED) is 0.866. The van der Waals surface area contributed by atoms with Gasteiger partial charge >= 0.3 is 0 Å². The number of nitrogens with zero attached hydrogens (tertiary/aromatic N) is 1. The maximum absolute atomic E-state index is 11.7. The summed E-state index contributed by atoms with van der Waals surface area (Å²) in [4.78, 5) is 11.7. The van der Waals surface area contributed by atoms with Crippen LogP contribution in [0.1, 0.15) is 31.7 Å². The number of benzene rings is 1. The number of rotatable bonds is 5. The second-order valence-corrected chi connectivity index (χ2v) is 4.38. The Morgan fingerprint density at radius 3 is 2.78 bits per heavy atom. The largest absolute Gasteiger partial charge is 0.497 e. The van der Waals surface area contributed by atoms with Crippen molar-refractivity contribution in [1.29, 1.82) is 5.26 Å². The fourth-order valence-electron chi connectivity index (χ4n) is 1.66. The molecule has 1 unspecified atom stereocenters. The van der Waals surface area contributed by atoms with E-state index in [0.717, 1.165) is 5.56 Å². The number of ether oxygens (including phenoxy) is 1. The van der Waals surface area contributed by atoms with Crippen molar-refractivity contribution in [3.8, 4) is 11.8 Å². The van der Waals surface area contributed by atoms with Crippen LogP contribution in [0, 0.1) is 11.3 Å². The Labute approximate surface area is 108 Å². The van der Waals surface area contributed by atoms with Gasteiger partial charge in [-0.15, -0.1) is 0 Å². The molecule has 96 valence electrons. The molecule has 1 atom stereocenters. The SMILES string of the molecule is COc1cccc(C(C#N)CC(=O)NC(C)C)c1. The lowest BCUT2D eigenvalue weighted by atomic mass is 9.96. The first-order chi connectivity index (χ1) is 8.56. The number of nitrogens with one attached hydrogen (secondary N) is 1. The average Bonchev–Trinajstić information content (AvgIpc) is 2.35. The second kappa shape index (κ2) is 6.65. The minimum Gasteiger partial charge on any atom is -0.497 e. The molecule has 1 rings (SSSR count). The molecule has 0 heterocycles. The van der Waals surface area contributed by atoms with Crippen molar-refractivity contribution in [3.63, 3.8) is 0 Å². The van der Waals surface area contributed by atoms with Gasteiger partial charge in [0, 0.05) is 12.5 Å². The van der Waals surface area contributed by atoms with Crippen molar-refractivity contribution in [3.05, 3.63) is 29.8 Å². The molecule has 1 amide bonds. The fourth-order valence-corrected chi connectivity index (χ4v) is 1.66. The van der Waals surface area contributed by atoms with Crippen molar-refractivity contribution in [1.82, 2.24) is 5.32 Å². The summed E-state index contributed by atoms with van der Waals surface area (Å²) >= 11 is 0. The molecule has 0 saturated heterocycles. The molecule has 0 spiro atoms. The third-order valence-corrected chi connectivity index (χ3v) is 2.49. The van der Waals surface area contributed by atoms with Gasteiger partial charge in [0.2, 0.25) is 5.91 Å². The van der Waals surface area contributed by atoms with Gasteiger partial charge in [-0.25, -0.2) is 0 Å². The van der Waals surface area contributed by atoms with Gasteiger partial charge in [-0.3, -0.25) is 4.79 Å². The van der Waals surface area contributed by atoms with Crippen molar-refractivity contribution in [2.45, 2.75) is 32.2 Å². The van der Waals surface area contributed by atoms with Crippen LogP contribution in [0.25, 0.3) is 0 Å². The first-order valence-electron chi connectivity index (χ1n) is 5.89. The smallest absolute Gasteiger partial charge is 0.221 e. The number of amides is 1. The zero-order valence-corrected chi connectivity index (χ0v) is 10.9. The van der Waals surface area contributed by atoms with Crippen molar-refractivity contribution < 1.29 is 9.53 Å². The topological polar surface area (TPSA) is 62.1 Å². The molecule has 0 aliphatic carbocycles. The number of hydrogen-bond donors (Lipinski definition) is 1. The maximum Gasteiger partial charge on any atom is 0.221 e. The Hall–Kier alpha value is -2.02. The molecular formula is C14H18N2O2. The number of methoxy groups -OCH3 is 1. The van der Waals surface area contributed by atoms with E-state index in [-0.39, 0.29) is 18.4 Å². The van der Waals surface area contributed by atoms with Gasteiger partial charge in [-0.1, -0.05) is 12.1 Å². The fraction of sp³-hybridized carbons (Fsp3) is 0.429. The summed E-state index contributed by atoms with van der Waals surface area (Å²) in [5.74, 6) is 0.134. The first kappa shape index (κ1) is 14.0. The molecule has 0 fully saturated rings. The predicted octanol–water partition coefficient (Wildman–Crippen LogP) is 2.22. The first-order valence-corrected chi connectivity index (χ1v) is 5.89. The van der Waals surface area contributed by atoms with Crippen molar-refractivity contribution in [2.24, 2.45) is 0 Å². The highest BCUT2D eigenvalue weighted by atomic mass is 16.5. The van der Waals surface area contributed by atoms with Crippen LogP contribution in [-0.4, -0.2) is 19.1 Å². The lowest BCUT2D eigenvalue weighted by Crippen LogP contribution is -2.31. The van der Waals surface area contributed by atoms with E-state index in [1.54, 1.807) is 13.2 Å². The lowest BCUT2D eigenvalue weighted by Gasteiger charge is -2.12. The van der Waals surface area contributed by atoms with Gasteiger partial charge in [0.05, 0.1) is 19.1 Å². The minimum absolute atomic E-state index is 0.0853. The number of carbonyl (C=O) groups excluding carboxylic acids is 1. The molecule has 0 saturated carbocycles. The van der Waals surface area contributed by atoms with Crippen LogP contribution in [0.4, 0.5) is 0 Å². The summed E-state index contributed by atoms with van der Waals surface area (Å²) in [6.07, 6.45) is 0.168. The van der Waals surface area contributed by atoms with E-state index < -0.39 is 5.92 Å². The summed E-state index contributed by atoms with van der Waals surface area (Å²) < 4.78 is 5.11. The van der Waals surface area contributed by atoms with Gasteiger partial charge in [0.25, 0.3) is 0 Å². The standard InChI is InChI=1S/C14H18N2O2/c1-10(2)16-14(17)8-12(9-15)11-5-4-6-13(7-11)18-3/h4-7,10,12H,8H2,1-3H3,(H,16,17). The highest BCUT2D eigenvalue weighted by molar-refractivity contribution is 5.77. The summed E-state index contributed by atoms with van der Waals surface area (Å²) in [6.45, 7) is 3.79. The molecule has 1 N–H and O–H groups in total. The summed E-state index contributed by atoms with van der Waals surface area (Å²) in [7, 11) is 1.58. The van der Waals surface area contributed by atoms with Gasteiger partial charge in [0.15, 0.2) is 0 Å². The Morgan fingerprint density at radius 1 is 1.50 bits per heavy atom. The molecule has 0 aliphatic heterocycles. The van der Waals surface area contributed by atoms with E-state index in [1.165, 1.54) is 0 Å². The van der Waals surface area contributed by atoms with Gasteiger partial charge in [-0.05, 0) is 31.5 Å². The molecule has 18 heavy (non-hydrogen) atoms. The molecule has 4 nitrogen and oxygen atoms in total. The van der Waals surface area contributed by atoms with Gasteiger partial charge in [-0.2, -0.15) is 5.26 Å². The third kappa shape index (κ3) is 4.10. The Morgan fingerprint density at radius 2 is 2.22 bits per heavy atom. The van der Waals surface area contributed by atoms with E-state index in [0.29, 0.717) is 5.75 Å². The molecular weight excluding hydrogens is 228 g/mol. The molecule has 0 aliphatic rings. The highest BCUT2D eigenvalue weighted by Crippen LogP contribution is 2.23. The zero-order valence-electron chi connectivity index (χ0n) is 10.9. The van der Waals surface area contributed by atoms with Crippen LogP contribution in [0.2, 0.25) is 0 Å². The van der Waals surface area contributed by atoms with E-state index in [4.69, 9.17) is 10.00 Å². The van der Waals surface area contributed by atoms with Crippen molar-refractivity contribution >= 4 is 5.91 Å². The van der Waals surface area contributed by atoms with Crippen molar-refractivity contribution in [2.75, 3.05) is 7.11 Å². The van der Waals surface area contributed by atoms with Crippen LogP contribution >= 0.6 is 0 Å². The maximum atomic E-state index is 11.7.